The number of nitrogens with zero attached hydrogens (tertiary/aromatic N) is 1. The summed E-state index contributed by atoms with van der Waals surface area (Å²) in [6.07, 6.45) is 0.114. The van der Waals surface area contributed by atoms with Gasteiger partial charge < -0.3 is 14.4 Å². The molecule has 4 nitrogen and oxygen atoms in total. The van der Waals surface area contributed by atoms with Crippen LogP contribution in [0, 0.1) is 0 Å². The first-order chi connectivity index (χ1) is 14.1. The largest absolute Gasteiger partial charge is 0.498 e. The van der Waals surface area contributed by atoms with Crippen LogP contribution in [0.4, 0.5) is 0 Å². The van der Waals surface area contributed by atoms with Gasteiger partial charge in [-0.05, 0) is 28.7 Å². The standard InChI is InChI=1S/C25H25NO3/c1-17-14-15-26-22(24(25(26)27)29-16-19-10-6-4-7-11-19)23(28-3)21(18(17)2)20-12-8-5-9-13-20/h4-13,22,24H,1-2,14-16H2,3H3/b23-21-/t22-,24+/m0/s1. The number of β-lactam (4-membered cyclic amide) rings is 1. The van der Waals surface area contributed by atoms with Gasteiger partial charge in [-0.2, -0.15) is 0 Å². The van der Waals surface area contributed by atoms with Crippen molar-refractivity contribution in [3.05, 3.63) is 102 Å². The summed E-state index contributed by atoms with van der Waals surface area (Å²) in [7, 11) is 1.64. The van der Waals surface area contributed by atoms with Crippen molar-refractivity contribution in [1.29, 1.82) is 0 Å². The Hall–Kier alpha value is -3.11. The van der Waals surface area contributed by atoms with E-state index in [0.29, 0.717) is 25.3 Å². The summed E-state index contributed by atoms with van der Waals surface area (Å²) in [5.74, 6) is 0.702. The first-order valence-corrected chi connectivity index (χ1v) is 9.79. The van der Waals surface area contributed by atoms with Gasteiger partial charge in [0.15, 0.2) is 6.10 Å². The highest BCUT2D eigenvalue weighted by atomic mass is 16.5. The van der Waals surface area contributed by atoms with E-state index in [4.69, 9.17) is 9.47 Å². The minimum absolute atomic E-state index is 0.00629. The number of rotatable bonds is 5. The van der Waals surface area contributed by atoms with Crippen LogP contribution in [0.2, 0.25) is 0 Å². The molecule has 0 spiro atoms. The molecule has 29 heavy (non-hydrogen) atoms. The molecular weight excluding hydrogens is 362 g/mol. The maximum Gasteiger partial charge on any atom is 0.255 e. The van der Waals surface area contributed by atoms with E-state index in [1.165, 1.54) is 0 Å². The molecule has 148 valence electrons. The van der Waals surface area contributed by atoms with Crippen molar-refractivity contribution in [2.24, 2.45) is 0 Å². The highest BCUT2D eigenvalue weighted by Gasteiger charge is 2.52. The average Bonchev–Trinajstić information content (AvgIpc) is 2.76. The van der Waals surface area contributed by atoms with Crippen LogP contribution in [-0.4, -0.2) is 36.6 Å². The number of fused-ring (bicyclic) bond motifs is 1. The molecule has 0 bridgehead atoms. The molecule has 0 aliphatic carbocycles. The van der Waals surface area contributed by atoms with E-state index in [9.17, 15) is 4.79 Å². The monoisotopic (exact) mass is 387 g/mol. The van der Waals surface area contributed by atoms with Crippen LogP contribution < -0.4 is 0 Å². The topological polar surface area (TPSA) is 38.8 Å². The molecule has 0 aromatic heterocycles. The molecule has 1 fully saturated rings. The van der Waals surface area contributed by atoms with Gasteiger partial charge in [0.05, 0.1) is 13.7 Å². The Bertz CT molecular complexity index is 962. The van der Waals surface area contributed by atoms with E-state index in [1.54, 1.807) is 7.11 Å². The smallest absolute Gasteiger partial charge is 0.255 e. The highest BCUT2D eigenvalue weighted by molar-refractivity contribution is 5.93. The number of amides is 1. The maximum atomic E-state index is 12.8. The third kappa shape index (κ3) is 3.52. The number of hydrogen-bond donors (Lipinski definition) is 0. The van der Waals surface area contributed by atoms with E-state index in [2.05, 4.69) is 13.2 Å². The fourth-order valence-corrected chi connectivity index (χ4v) is 3.99. The van der Waals surface area contributed by atoms with E-state index in [-0.39, 0.29) is 11.9 Å². The van der Waals surface area contributed by atoms with Crippen molar-refractivity contribution in [1.82, 2.24) is 4.90 Å². The SMILES string of the molecule is C=C1CCN2C(=O)[C@H](OCc3ccccc3)[C@@H]2/C(OC)=C(/c2ccccc2)C1=C. The number of ether oxygens (including phenoxy) is 2. The lowest BCUT2D eigenvalue weighted by molar-refractivity contribution is -0.174. The lowest BCUT2D eigenvalue weighted by Gasteiger charge is -2.48. The van der Waals surface area contributed by atoms with E-state index in [0.717, 1.165) is 27.8 Å². The fraction of sp³-hybridized carbons (Fsp3) is 0.240. The highest BCUT2D eigenvalue weighted by Crippen LogP contribution is 2.41. The minimum atomic E-state index is -0.567. The van der Waals surface area contributed by atoms with Crippen LogP contribution >= 0.6 is 0 Å². The number of carbonyl (C=O) groups is 1. The van der Waals surface area contributed by atoms with Crippen LogP contribution in [0.25, 0.3) is 5.57 Å². The van der Waals surface area contributed by atoms with Gasteiger partial charge in [0.1, 0.15) is 11.8 Å². The van der Waals surface area contributed by atoms with Gasteiger partial charge in [-0.3, -0.25) is 4.79 Å². The fourth-order valence-electron chi connectivity index (χ4n) is 3.99. The van der Waals surface area contributed by atoms with Crippen molar-refractivity contribution >= 4 is 11.5 Å². The van der Waals surface area contributed by atoms with Gasteiger partial charge >= 0.3 is 0 Å². The average molecular weight is 387 g/mol. The van der Waals surface area contributed by atoms with Gasteiger partial charge in [0.2, 0.25) is 0 Å². The van der Waals surface area contributed by atoms with Crippen molar-refractivity contribution < 1.29 is 14.3 Å². The Labute approximate surface area is 171 Å². The summed E-state index contributed by atoms with van der Waals surface area (Å²) in [5.41, 5.74) is 4.70. The molecule has 4 rings (SSSR count). The first kappa shape index (κ1) is 19.2. The summed E-state index contributed by atoms with van der Waals surface area (Å²) in [6, 6.07) is 19.6. The summed E-state index contributed by atoms with van der Waals surface area (Å²) < 4.78 is 11.9. The van der Waals surface area contributed by atoms with E-state index >= 15 is 0 Å². The third-order valence-corrected chi connectivity index (χ3v) is 5.60. The maximum absolute atomic E-state index is 12.8. The number of benzene rings is 2. The predicted octanol–water partition coefficient (Wildman–Crippen LogP) is 4.36. The van der Waals surface area contributed by atoms with Crippen molar-refractivity contribution in [2.75, 3.05) is 13.7 Å². The Morgan fingerprint density at radius 1 is 1.03 bits per heavy atom. The predicted molar refractivity (Wildman–Crippen MR) is 114 cm³/mol. The zero-order valence-corrected chi connectivity index (χ0v) is 16.6. The zero-order valence-electron chi connectivity index (χ0n) is 16.6. The molecule has 0 unspecified atom stereocenters. The molecule has 1 amide bonds. The molecule has 2 aliphatic heterocycles. The van der Waals surface area contributed by atoms with Crippen LogP contribution in [0.15, 0.2) is 90.7 Å². The summed E-state index contributed by atoms with van der Waals surface area (Å²) in [5, 5.41) is 0. The number of carbonyl (C=O) groups excluding carboxylic acids is 1. The van der Waals surface area contributed by atoms with E-state index in [1.807, 2.05) is 65.6 Å². The van der Waals surface area contributed by atoms with Crippen LogP contribution in [0.5, 0.6) is 0 Å². The second-order valence-corrected chi connectivity index (χ2v) is 7.34. The van der Waals surface area contributed by atoms with Crippen molar-refractivity contribution in [2.45, 2.75) is 25.2 Å². The van der Waals surface area contributed by atoms with Gasteiger partial charge in [0, 0.05) is 12.1 Å². The molecule has 0 N–H and O–H groups in total. The third-order valence-electron chi connectivity index (χ3n) is 5.60. The molecular formula is C25H25NO3. The van der Waals surface area contributed by atoms with Crippen LogP contribution in [0.1, 0.15) is 17.5 Å². The van der Waals surface area contributed by atoms with Crippen LogP contribution in [0.3, 0.4) is 0 Å². The summed E-state index contributed by atoms with van der Waals surface area (Å²) >= 11 is 0. The summed E-state index contributed by atoms with van der Waals surface area (Å²) in [4.78, 5) is 14.7. The molecule has 4 heteroatoms. The lowest BCUT2D eigenvalue weighted by Crippen LogP contribution is -2.67. The number of allylic oxidation sites excluding steroid dienone is 2. The molecule has 2 heterocycles. The molecule has 0 saturated carbocycles. The number of hydrogen-bond acceptors (Lipinski definition) is 3. The molecule has 2 atom stereocenters. The second-order valence-electron chi connectivity index (χ2n) is 7.34. The normalized spacial score (nSPS) is 24.4. The molecule has 0 radical (unpaired) electrons. The molecule has 2 aromatic rings. The molecule has 2 aromatic carbocycles. The van der Waals surface area contributed by atoms with E-state index < -0.39 is 6.10 Å². The van der Waals surface area contributed by atoms with Gasteiger partial charge in [-0.1, -0.05) is 73.8 Å². The zero-order chi connectivity index (χ0) is 20.4. The Balaban J connectivity index is 1.72. The summed E-state index contributed by atoms with van der Waals surface area (Å²) in [6.45, 7) is 9.45. The molecule has 2 aliphatic rings. The van der Waals surface area contributed by atoms with Gasteiger partial charge in [-0.15, -0.1) is 0 Å². The van der Waals surface area contributed by atoms with Crippen molar-refractivity contribution in [3.63, 3.8) is 0 Å². The lowest BCUT2D eigenvalue weighted by atomic mass is 9.83. The van der Waals surface area contributed by atoms with Crippen LogP contribution in [-0.2, 0) is 20.9 Å². The van der Waals surface area contributed by atoms with Gasteiger partial charge in [-0.25, -0.2) is 0 Å². The Morgan fingerprint density at radius 2 is 1.69 bits per heavy atom. The number of methoxy groups -OCH3 is 1. The molecule has 1 saturated heterocycles. The van der Waals surface area contributed by atoms with Gasteiger partial charge in [0.25, 0.3) is 5.91 Å². The second kappa shape index (κ2) is 8.10. The van der Waals surface area contributed by atoms with Crippen molar-refractivity contribution in [3.8, 4) is 0 Å². The first-order valence-electron chi connectivity index (χ1n) is 9.79. The Morgan fingerprint density at radius 3 is 2.34 bits per heavy atom. The Kier molecular flexibility index (Phi) is 5.36. The minimum Gasteiger partial charge on any atom is -0.498 e. The quantitative estimate of drug-likeness (QED) is 0.716.